The van der Waals surface area contributed by atoms with Crippen molar-refractivity contribution in [2.24, 2.45) is 0 Å². The van der Waals surface area contributed by atoms with Gasteiger partial charge in [-0.25, -0.2) is 4.79 Å². The normalized spacial score (nSPS) is 11.1. The van der Waals surface area contributed by atoms with Gasteiger partial charge in [0.15, 0.2) is 0 Å². The summed E-state index contributed by atoms with van der Waals surface area (Å²) in [5.41, 5.74) is 1.04. The van der Waals surface area contributed by atoms with Crippen molar-refractivity contribution in [3.8, 4) is 0 Å². The Morgan fingerprint density at radius 2 is 1.90 bits per heavy atom. The second kappa shape index (κ2) is 5.26. The van der Waals surface area contributed by atoms with Gasteiger partial charge in [0.2, 0.25) is 0 Å². The molecule has 1 N–H and O–H groups in total. The zero-order valence-corrected chi connectivity index (χ0v) is 12.0. The summed E-state index contributed by atoms with van der Waals surface area (Å²) in [6, 6.07) is 9.13. The number of aryl methyl sites for hydroxylation is 1. The number of halogens is 1. The molecular formula is C14H11ClN2O2S. The number of aromatic nitrogens is 2. The first-order chi connectivity index (χ1) is 9.65. The van der Waals surface area contributed by atoms with Crippen molar-refractivity contribution < 1.29 is 0 Å². The molecule has 0 spiro atoms. The Labute approximate surface area is 123 Å². The molecule has 0 radical (unpaired) electrons. The molecule has 0 atom stereocenters. The van der Waals surface area contributed by atoms with Crippen molar-refractivity contribution in [2.45, 2.75) is 13.0 Å². The third-order valence-electron chi connectivity index (χ3n) is 3.13. The van der Waals surface area contributed by atoms with E-state index in [4.69, 9.17) is 11.6 Å². The number of H-pyrrole nitrogens is 1. The van der Waals surface area contributed by atoms with E-state index in [-0.39, 0.29) is 11.2 Å². The monoisotopic (exact) mass is 306 g/mol. The summed E-state index contributed by atoms with van der Waals surface area (Å²) < 4.78 is 1.83. The molecule has 3 rings (SSSR count). The number of hydrogen-bond acceptors (Lipinski definition) is 3. The Bertz CT molecular complexity index is 861. The fourth-order valence-corrected chi connectivity index (χ4v) is 2.99. The van der Waals surface area contributed by atoms with Gasteiger partial charge in [-0.3, -0.25) is 9.36 Å². The average Bonchev–Trinajstić information content (AvgIpc) is 2.89. The lowest BCUT2D eigenvalue weighted by atomic mass is 10.1. The maximum absolute atomic E-state index is 12.2. The molecule has 2 aromatic heterocycles. The first-order valence-corrected chi connectivity index (χ1v) is 7.36. The summed E-state index contributed by atoms with van der Waals surface area (Å²) in [6.45, 7) is 0.351. The van der Waals surface area contributed by atoms with Crippen molar-refractivity contribution in [1.29, 1.82) is 0 Å². The molecule has 20 heavy (non-hydrogen) atoms. The Morgan fingerprint density at radius 1 is 1.15 bits per heavy atom. The van der Waals surface area contributed by atoms with E-state index in [0.717, 1.165) is 5.56 Å². The third-order valence-corrected chi connectivity index (χ3v) is 4.28. The number of aromatic amines is 1. The lowest BCUT2D eigenvalue weighted by Gasteiger charge is -2.05. The summed E-state index contributed by atoms with van der Waals surface area (Å²) in [4.78, 5) is 26.9. The lowest BCUT2D eigenvalue weighted by Crippen LogP contribution is -2.35. The van der Waals surface area contributed by atoms with Crippen LogP contribution in [0.25, 0.3) is 10.2 Å². The van der Waals surface area contributed by atoms with E-state index in [0.29, 0.717) is 28.2 Å². The second-order valence-electron chi connectivity index (χ2n) is 4.43. The molecule has 0 aliphatic heterocycles. The van der Waals surface area contributed by atoms with Crippen molar-refractivity contribution in [3.63, 3.8) is 0 Å². The molecule has 6 heteroatoms. The SMILES string of the molecule is O=c1[nH]c2ccsc2c(=O)n1CCc1ccc(Cl)cc1. The van der Waals surface area contributed by atoms with Crippen LogP contribution in [0.3, 0.4) is 0 Å². The van der Waals surface area contributed by atoms with E-state index in [1.807, 2.05) is 12.1 Å². The van der Waals surface area contributed by atoms with E-state index in [9.17, 15) is 9.59 Å². The molecule has 4 nitrogen and oxygen atoms in total. The molecular weight excluding hydrogens is 296 g/mol. The first-order valence-electron chi connectivity index (χ1n) is 6.10. The highest BCUT2D eigenvalue weighted by atomic mass is 35.5. The molecule has 0 aliphatic carbocycles. The van der Waals surface area contributed by atoms with Gasteiger partial charge >= 0.3 is 5.69 Å². The third kappa shape index (κ3) is 2.42. The smallest absolute Gasteiger partial charge is 0.306 e. The van der Waals surface area contributed by atoms with Gasteiger partial charge in [-0.15, -0.1) is 11.3 Å². The van der Waals surface area contributed by atoms with Gasteiger partial charge in [0.1, 0.15) is 4.70 Å². The molecule has 0 saturated carbocycles. The largest absolute Gasteiger partial charge is 0.328 e. The van der Waals surface area contributed by atoms with Crippen LogP contribution in [0.1, 0.15) is 5.56 Å². The van der Waals surface area contributed by atoms with Gasteiger partial charge in [-0.1, -0.05) is 23.7 Å². The van der Waals surface area contributed by atoms with E-state index >= 15 is 0 Å². The van der Waals surface area contributed by atoms with Crippen molar-refractivity contribution >= 4 is 33.2 Å². The predicted molar refractivity (Wildman–Crippen MR) is 81.9 cm³/mol. The van der Waals surface area contributed by atoms with Gasteiger partial charge in [-0.05, 0) is 35.6 Å². The fourth-order valence-electron chi connectivity index (χ4n) is 2.07. The topological polar surface area (TPSA) is 54.9 Å². The van der Waals surface area contributed by atoms with Gasteiger partial charge in [0.05, 0.1) is 5.52 Å². The second-order valence-corrected chi connectivity index (χ2v) is 5.78. The minimum absolute atomic E-state index is 0.229. The highest BCUT2D eigenvalue weighted by Crippen LogP contribution is 2.13. The zero-order valence-electron chi connectivity index (χ0n) is 10.4. The van der Waals surface area contributed by atoms with Crippen molar-refractivity contribution in [3.05, 3.63) is 67.1 Å². The Morgan fingerprint density at radius 3 is 2.65 bits per heavy atom. The van der Waals surface area contributed by atoms with E-state index in [1.165, 1.54) is 15.9 Å². The highest BCUT2D eigenvalue weighted by Gasteiger charge is 2.08. The minimum atomic E-state index is -0.366. The van der Waals surface area contributed by atoms with Crippen LogP contribution in [-0.2, 0) is 13.0 Å². The van der Waals surface area contributed by atoms with E-state index in [1.54, 1.807) is 23.6 Å². The molecule has 0 bridgehead atoms. The van der Waals surface area contributed by atoms with Crippen molar-refractivity contribution in [1.82, 2.24) is 9.55 Å². The Balaban J connectivity index is 1.93. The van der Waals surface area contributed by atoms with Crippen LogP contribution < -0.4 is 11.2 Å². The molecule has 1 aromatic carbocycles. The summed E-state index contributed by atoms with van der Waals surface area (Å²) in [5.74, 6) is 0. The molecule has 0 saturated heterocycles. The van der Waals surface area contributed by atoms with Crippen LogP contribution in [0.15, 0.2) is 45.3 Å². The number of thiophene rings is 1. The van der Waals surface area contributed by atoms with Crippen LogP contribution >= 0.6 is 22.9 Å². The quantitative estimate of drug-likeness (QED) is 0.809. The van der Waals surface area contributed by atoms with E-state index < -0.39 is 0 Å². The maximum atomic E-state index is 12.2. The molecule has 0 fully saturated rings. The number of fused-ring (bicyclic) bond motifs is 1. The summed E-state index contributed by atoms with van der Waals surface area (Å²) in [5, 5.41) is 2.47. The van der Waals surface area contributed by atoms with Crippen molar-refractivity contribution in [2.75, 3.05) is 0 Å². The molecule has 0 amide bonds. The minimum Gasteiger partial charge on any atom is -0.306 e. The molecule has 3 aromatic rings. The highest BCUT2D eigenvalue weighted by molar-refractivity contribution is 7.17. The Kier molecular flexibility index (Phi) is 3.46. The molecule has 0 unspecified atom stereocenters. The van der Waals surface area contributed by atoms with Crippen LogP contribution in [0.5, 0.6) is 0 Å². The molecule has 2 heterocycles. The van der Waals surface area contributed by atoms with E-state index in [2.05, 4.69) is 4.98 Å². The molecule has 102 valence electrons. The number of nitrogens with one attached hydrogen (secondary N) is 1. The van der Waals surface area contributed by atoms with Crippen LogP contribution in [0.2, 0.25) is 5.02 Å². The van der Waals surface area contributed by atoms with Crippen LogP contribution in [0, 0.1) is 0 Å². The average molecular weight is 307 g/mol. The first kappa shape index (κ1) is 13.1. The lowest BCUT2D eigenvalue weighted by molar-refractivity contribution is 0.637. The number of hydrogen-bond donors (Lipinski definition) is 1. The van der Waals surface area contributed by atoms with Gasteiger partial charge in [0, 0.05) is 11.6 Å². The number of rotatable bonds is 3. The standard InChI is InChI=1S/C14H11ClN2O2S/c15-10-3-1-9(2-4-10)5-7-17-13(18)12-11(6-8-20-12)16-14(17)19/h1-4,6,8H,5,7H2,(H,16,19). The molecule has 0 aliphatic rings. The van der Waals surface area contributed by atoms with Gasteiger partial charge in [0.25, 0.3) is 5.56 Å². The van der Waals surface area contributed by atoms with Crippen LogP contribution in [-0.4, -0.2) is 9.55 Å². The fraction of sp³-hybridized carbons (Fsp3) is 0.143. The zero-order chi connectivity index (χ0) is 14.1. The number of benzene rings is 1. The number of nitrogens with zero attached hydrogens (tertiary/aromatic N) is 1. The predicted octanol–water partition coefficient (Wildman–Crippen LogP) is 2.65. The van der Waals surface area contributed by atoms with Gasteiger partial charge in [-0.2, -0.15) is 0 Å². The summed E-state index contributed by atoms with van der Waals surface area (Å²) in [6.07, 6.45) is 0.608. The summed E-state index contributed by atoms with van der Waals surface area (Å²) in [7, 11) is 0. The van der Waals surface area contributed by atoms with Crippen LogP contribution in [0.4, 0.5) is 0 Å². The maximum Gasteiger partial charge on any atom is 0.328 e. The Hall–Kier alpha value is -1.85. The summed E-state index contributed by atoms with van der Waals surface area (Å²) >= 11 is 7.16. The van der Waals surface area contributed by atoms with Gasteiger partial charge < -0.3 is 4.98 Å².